The molecule has 0 saturated carbocycles. The maximum absolute atomic E-state index is 10.7. The summed E-state index contributed by atoms with van der Waals surface area (Å²) in [5.41, 5.74) is -0.606. The van der Waals surface area contributed by atoms with Crippen LogP contribution in [0.3, 0.4) is 0 Å². The molecule has 1 aliphatic heterocycles. The molecule has 1 N–H and O–H groups in total. The van der Waals surface area contributed by atoms with E-state index in [9.17, 15) is 5.11 Å². The van der Waals surface area contributed by atoms with Gasteiger partial charge in [-0.05, 0) is 40.4 Å². The second-order valence-electron chi connectivity index (χ2n) is 5.77. The van der Waals surface area contributed by atoms with Crippen molar-refractivity contribution in [1.82, 2.24) is 9.80 Å². The topological polar surface area (TPSA) is 26.7 Å². The first-order valence-corrected chi connectivity index (χ1v) is 6.38. The number of piperidine rings is 1. The third-order valence-corrected chi connectivity index (χ3v) is 3.80. The molecule has 3 nitrogen and oxygen atoms in total. The molecule has 1 heterocycles. The van der Waals surface area contributed by atoms with Gasteiger partial charge in [0.1, 0.15) is 0 Å². The Morgan fingerprint density at radius 1 is 1.35 bits per heavy atom. The summed E-state index contributed by atoms with van der Waals surface area (Å²) < 4.78 is 0. The van der Waals surface area contributed by atoms with E-state index >= 15 is 0 Å². The summed E-state index contributed by atoms with van der Waals surface area (Å²) in [6.07, 6.45) is 1.42. The van der Waals surface area contributed by atoms with E-state index in [4.69, 9.17) is 0 Å². The zero-order valence-electron chi connectivity index (χ0n) is 11.8. The van der Waals surface area contributed by atoms with Gasteiger partial charge in [0.05, 0.1) is 12.1 Å². The fourth-order valence-electron chi connectivity index (χ4n) is 2.33. The second-order valence-corrected chi connectivity index (χ2v) is 5.77. The molecule has 0 amide bonds. The van der Waals surface area contributed by atoms with Crippen LogP contribution in [0.5, 0.6) is 0 Å². The Morgan fingerprint density at radius 3 is 2.59 bits per heavy atom. The molecule has 1 aliphatic rings. The summed E-state index contributed by atoms with van der Waals surface area (Å²) >= 11 is 0. The average Bonchev–Trinajstić information content (AvgIpc) is 2.22. The van der Waals surface area contributed by atoms with Gasteiger partial charge < -0.3 is 10.0 Å². The summed E-state index contributed by atoms with van der Waals surface area (Å²) in [7, 11) is 6.13. The van der Waals surface area contributed by atoms with Crippen LogP contribution >= 0.6 is 0 Å². The van der Waals surface area contributed by atoms with Gasteiger partial charge in [-0.25, -0.2) is 0 Å². The molecule has 0 aromatic carbocycles. The van der Waals surface area contributed by atoms with Gasteiger partial charge in [0.15, 0.2) is 0 Å². The Hall–Kier alpha value is -0.560. The van der Waals surface area contributed by atoms with Gasteiger partial charge in [-0.2, -0.15) is 0 Å². The quantitative estimate of drug-likeness (QED) is 0.728. The highest BCUT2D eigenvalue weighted by molar-refractivity contribution is 5.08. The third-order valence-electron chi connectivity index (χ3n) is 3.80. The van der Waals surface area contributed by atoms with Crippen molar-refractivity contribution in [3.8, 4) is 11.8 Å². The zero-order valence-corrected chi connectivity index (χ0v) is 11.8. The summed E-state index contributed by atoms with van der Waals surface area (Å²) in [5, 5.41) is 10.7. The molecule has 17 heavy (non-hydrogen) atoms. The molecule has 0 unspecified atom stereocenters. The maximum Gasteiger partial charge on any atom is 0.0808 e. The number of hydrogen-bond donors (Lipinski definition) is 1. The van der Waals surface area contributed by atoms with Gasteiger partial charge in [0.2, 0.25) is 0 Å². The minimum absolute atomic E-state index is 0.289. The number of hydrogen-bond acceptors (Lipinski definition) is 3. The molecule has 1 fully saturated rings. The zero-order chi connectivity index (χ0) is 13.1. The lowest BCUT2D eigenvalue weighted by Gasteiger charge is -2.45. The first-order chi connectivity index (χ1) is 7.85. The van der Waals surface area contributed by atoms with E-state index in [2.05, 4.69) is 37.6 Å². The SMILES string of the molecule is C[C@@H]1C[C@](O)(CC#CCN(C)C)[C@@H](C)CN1C. The van der Waals surface area contributed by atoms with E-state index in [1.807, 2.05) is 19.0 Å². The molecular formula is C14H26N2O. The molecule has 3 atom stereocenters. The second kappa shape index (κ2) is 5.86. The van der Waals surface area contributed by atoms with Gasteiger partial charge in [-0.3, -0.25) is 4.90 Å². The Bertz CT molecular complexity index is 305. The average molecular weight is 238 g/mol. The highest BCUT2D eigenvalue weighted by Gasteiger charge is 2.40. The van der Waals surface area contributed by atoms with Crippen LogP contribution in [-0.4, -0.2) is 60.8 Å². The predicted molar refractivity (Wildman–Crippen MR) is 71.8 cm³/mol. The first-order valence-electron chi connectivity index (χ1n) is 6.38. The van der Waals surface area contributed by atoms with E-state index in [0.29, 0.717) is 12.5 Å². The molecule has 0 spiro atoms. The first kappa shape index (κ1) is 14.5. The van der Waals surface area contributed by atoms with Crippen LogP contribution in [-0.2, 0) is 0 Å². The van der Waals surface area contributed by atoms with E-state index in [1.165, 1.54) is 0 Å². The van der Waals surface area contributed by atoms with Crippen LogP contribution in [0.1, 0.15) is 26.7 Å². The monoisotopic (exact) mass is 238 g/mol. The van der Waals surface area contributed by atoms with Crippen molar-refractivity contribution in [1.29, 1.82) is 0 Å². The summed E-state index contributed by atoms with van der Waals surface area (Å²) in [6, 6.07) is 0.437. The lowest BCUT2D eigenvalue weighted by Crippen LogP contribution is -2.53. The molecule has 1 saturated heterocycles. The summed E-state index contributed by atoms with van der Waals surface area (Å²) in [5.74, 6) is 6.53. The van der Waals surface area contributed by atoms with Crippen LogP contribution in [0.2, 0.25) is 0 Å². The molecule has 98 valence electrons. The van der Waals surface area contributed by atoms with Crippen molar-refractivity contribution >= 4 is 0 Å². The minimum Gasteiger partial charge on any atom is -0.389 e. The van der Waals surface area contributed by atoms with Crippen molar-refractivity contribution in [3.05, 3.63) is 0 Å². The molecule has 0 aromatic rings. The molecule has 0 aliphatic carbocycles. The Morgan fingerprint density at radius 2 is 2.00 bits per heavy atom. The molecule has 0 radical (unpaired) electrons. The van der Waals surface area contributed by atoms with Crippen molar-refractivity contribution in [2.45, 2.75) is 38.3 Å². The highest BCUT2D eigenvalue weighted by atomic mass is 16.3. The van der Waals surface area contributed by atoms with Crippen molar-refractivity contribution in [2.24, 2.45) is 5.92 Å². The minimum atomic E-state index is -0.606. The third kappa shape index (κ3) is 3.99. The molecule has 0 bridgehead atoms. The summed E-state index contributed by atoms with van der Waals surface area (Å²) in [4.78, 5) is 4.35. The van der Waals surface area contributed by atoms with Gasteiger partial charge in [0.25, 0.3) is 0 Å². The molecule has 0 aromatic heterocycles. The number of rotatable bonds is 2. The van der Waals surface area contributed by atoms with Crippen LogP contribution in [0.15, 0.2) is 0 Å². The number of aliphatic hydroxyl groups is 1. The Kier molecular flexibility index (Phi) is 5.00. The molecule has 1 rings (SSSR count). The van der Waals surface area contributed by atoms with Gasteiger partial charge in [-0.15, -0.1) is 0 Å². The smallest absolute Gasteiger partial charge is 0.0808 e. The van der Waals surface area contributed by atoms with Crippen molar-refractivity contribution < 1.29 is 5.11 Å². The van der Waals surface area contributed by atoms with Gasteiger partial charge >= 0.3 is 0 Å². The number of likely N-dealkylation sites (tertiary alicyclic amines) is 1. The standard InChI is InChI=1S/C14H26N2O/c1-12-11-16(5)13(2)10-14(12,17)8-6-7-9-15(3)4/h12-13,17H,8-11H2,1-5H3/t12-,13+,14+/m0/s1. The molecular weight excluding hydrogens is 212 g/mol. The van der Waals surface area contributed by atoms with E-state index < -0.39 is 5.60 Å². The van der Waals surface area contributed by atoms with Crippen LogP contribution < -0.4 is 0 Å². The largest absolute Gasteiger partial charge is 0.389 e. The van der Waals surface area contributed by atoms with Crippen LogP contribution in [0.4, 0.5) is 0 Å². The van der Waals surface area contributed by atoms with E-state index in [-0.39, 0.29) is 5.92 Å². The Labute approximate surface area is 106 Å². The Balaban J connectivity index is 2.57. The van der Waals surface area contributed by atoms with Crippen molar-refractivity contribution in [2.75, 3.05) is 34.2 Å². The lowest BCUT2D eigenvalue weighted by molar-refractivity contribution is -0.0745. The maximum atomic E-state index is 10.7. The number of nitrogens with zero attached hydrogens (tertiary/aromatic N) is 2. The van der Waals surface area contributed by atoms with E-state index in [0.717, 1.165) is 19.5 Å². The normalized spacial score (nSPS) is 34.5. The fraction of sp³-hybridized carbons (Fsp3) is 0.857. The fourth-order valence-corrected chi connectivity index (χ4v) is 2.33. The van der Waals surface area contributed by atoms with Gasteiger partial charge in [0, 0.05) is 19.0 Å². The molecule has 3 heteroatoms. The summed E-state index contributed by atoms with van der Waals surface area (Å²) in [6.45, 7) is 6.01. The van der Waals surface area contributed by atoms with Crippen LogP contribution in [0, 0.1) is 17.8 Å². The predicted octanol–water partition coefficient (Wildman–Crippen LogP) is 1.03. The van der Waals surface area contributed by atoms with Crippen LogP contribution in [0.25, 0.3) is 0 Å². The lowest BCUT2D eigenvalue weighted by atomic mass is 9.77. The highest BCUT2D eigenvalue weighted by Crippen LogP contribution is 2.33. The van der Waals surface area contributed by atoms with E-state index in [1.54, 1.807) is 0 Å². The van der Waals surface area contributed by atoms with Crippen molar-refractivity contribution in [3.63, 3.8) is 0 Å². The van der Waals surface area contributed by atoms with Gasteiger partial charge in [-0.1, -0.05) is 18.8 Å².